The van der Waals surface area contributed by atoms with Crippen molar-refractivity contribution >= 4 is 22.6 Å². The summed E-state index contributed by atoms with van der Waals surface area (Å²) in [6.45, 7) is 0. The first kappa shape index (κ1) is 15.5. The van der Waals surface area contributed by atoms with E-state index >= 15 is 0 Å². The van der Waals surface area contributed by atoms with Crippen molar-refractivity contribution in [2.75, 3.05) is 0 Å². The summed E-state index contributed by atoms with van der Waals surface area (Å²) in [6, 6.07) is 4.35. The van der Waals surface area contributed by atoms with Gasteiger partial charge in [0, 0.05) is 12.1 Å². The maximum atomic E-state index is 12.3. The summed E-state index contributed by atoms with van der Waals surface area (Å²) in [6.07, 6.45) is 0. The minimum atomic E-state index is -1.03. The largest absolute Gasteiger partial charge is 0.508 e. The molecule has 2 nitrogen and oxygen atoms in total. The lowest BCUT2D eigenvalue weighted by Gasteiger charge is -1.96. The molecule has 102 valence electrons. The lowest BCUT2D eigenvalue weighted by molar-refractivity contribution is 0.450. The SMILES string of the molecule is Oc1cc(F)c(F)cc1I.Oc1ccc(F)c(F)c1. The summed E-state index contributed by atoms with van der Waals surface area (Å²) in [4.78, 5) is 0. The molecule has 0 fully saturated rings. The van der Waals surface area contributed by atoms with Crippen molar-refractivity contribution < 1.29 is 27.8 Å². The summed E-state index contributed by atoms with van der Waals surface area (Å²) in [7, 11) is 0. The first-order valence-corrected chi connectivity index (χ1v) is 5.86. The van der Waals surface area contributed by atoms with Crippen molar-refractivity contribution in [3.8, 4) is 11.5 Å². The third kappa shape index (κ3) is 4.58. The van der Waals surface area contributed by atoms with Crippen molar-refractivity contribution in [1.29, 1.82) is 0 Å². The standard InChI is InChI=1S/C6H3F2IO.C6H4F2O/c7-3-1-5(9)6(10)2-4(3)8;7-5-2-1-4(9)3-6(5)8/h1-2,10H;1-3,9H. The molecule has 2 aromatic rings. The Balaban J connectivity index is 0.000000191. The molecule has 0 aliphatic heterocycles. The van der Waals surface area contributed by atoms with E-state index in [-0.39, 0.29) is 11.5 Å². The smallest absolute Gasteiger partial charge is 0.162 e. The van der Waals surface area contributed by atoms with Gasteiger partial charge in [0.1, 0.15) is 11.5 Å². The fourth-order valence-corrected chi connectivity index (χ4v) is 1.43. The van der Waals surface area contributed by atoms with Gasteiger partial charge in [-0.25, -0.2) is 17.6 Å². The molecule has 2 N–H and O–H groups in total. The van der Waals surface area contributed by atoms with Crippen LogP contribution in [0.5, 0.6) is 11.5 Å². The Labute approximate surface area is 119 Å². The highest BCUT2D eigenvalue weighted by Gasteiger charge is 2.05. The number of rotatable bonds is 0. The molecule has 0 aromatic heterocycles. The van der Waals surface area contributed by atoms with Crippen molar-refractivity contribution in [1.82, 2.24) is 0 Å². The molecule has 0 heterocycles. The normalized spacial score (nSPS) is 9.74. The van der Waals surface area contributed by atoms with E-state index < -0.39 is 23.3 Å². The van der Waals surface area contributed by atoms with E-state index in [0.29, 0.717) is 3.57 Å². The van der Waals surface area contributed by atoms with Gasteiger partial charge in [0.05, 0.1) is 3.57 Å². The maximum Gasteiger partial charge on any atom is 0.162 e. The van der Waals surface area contributed by atoms with Crippen LogP contribution in [0.4, 0.5) is 17.6 Å². The molecule has 0 aliphatic rings. The highest BCUT2D eigenvalue weighted by Crippen LogP contribution is 2.21. The van der Waals surface area contributed by atoms with E-state index in [1.165, 1.54) is 0 Å². The van der Waals surface area contributed by atoms with Crippen LogP contribution in [0.15, 0.2) is 30.3 Å². The average molecular weight is 386 g/mol. The minimum absolute atomic E-state index is 0.237. The second-order valence-electron chi connectivity index (χ2n) is 3.32. The molecule has 2 rings (SSSR count). The Hall–Kier alpha value is -1.51. The zero-order valence-electron chi connectivity index (χ0n) is 9.17. The van der Waals surface area contributed by atoms with Crippen LogP contribution in [0, 0.1) is 26.8 Å². The van der Waals surface area contributed by atoms with Crippen molar-refractivity contribution in [2.45, 2.75) is 0 Å². The van der Waals surface area contributed by atoms with E-state index in [1.807, 2.05) is 0 Å². The quantitative estimate of drug-likeness (QED) is 0.409. The Kier molecular flexibility index (Phi) is 5.40. The zero-order valence-corrected chi connectivity index (χ0v) is 11.3. The summed E-state index contributed by atoms with van der Waals surface area (Å²) in [5, 5.41) is 17.3. The summed E-state index contributed by atoms with van der Waals surface area (Å²) >= 11 is 1.71. The number of phenolic OH excluding ortho intramolecular Hbond substituents is 2. The van der Waals surface area contributed by atoms with Crippen LogP contribution in [0.2, 0.25) is 0 Å². The van der Waals surface area contributed by atoms with Crippen LogP contribution in [0.3, 0.4) is 0 Å². The van der Waals surface area contributed by atoms with E-state index in [4.69, 9.17) is 10.2 Å². The molecule has 0 saturated heterocycles. The number of benzene rings is 2. The van der Waals surface area contributed by atoms with E-state index in [2.05, 4.69) is 0 Å². The predicted molar refractivity (Wildman–Crippen MR) is 68.8 cm³/mol. The molecule has 0 saturated carbocycles. The molecule has 0 aliphatic carbocycles. The van der Waals surface area contributed by atoms with Gasteiger partial charge in [0.15, 0.2) is 23.3 Å². The number of phenols is 2. The van der Waals surface area contributed by atoms with Gasteiger partial charge in [-0.1, -0.05) is 0 Å². The second-order valence-corrected chi connectivity index (χ2v) is 4.48. The molecule has 2 aromatic carbocycles. The number of hydrogen-bond donors (Lipinski definition) is 2. The summed E-state index contributed by atoms with van der Waals surface area (Å²) in [5.41, 5.74) is 0. The lowest BCUT2D eigenvalue weighted by atomic mass is 10.3. The summed E-state index contributed by atoms with van der Waals surface area (Å²) < 4.78 is 48.8. The van der Waals surface area contributed by atoms with Gasteiger partial charge in [-0.15, -0.1) is 0 Å². The first-order chi connectivity index (χ1) is 8.81. The highest BCUT2D eigenvalue weighted by molar-refractivity contribution is 14.1. The van der Waals surface area contributed by atoms with E-state index in [1.54, 1.807) is 22.6 Å². The fourth-order valence-electron chi connectivity index (χ4n) is 0.997. The Morgan fingerprint density at radius 1 is 0.737 bits per heavy atom. The maximum absolute atomic E-state index is 12.3. The first-order valence-electron chi connectivity index (χ1n) is 4.78. The topological polar surface area (TPSA) is 40.5 Å². The van der Waals surface area contributed by atoms with Crippen molar-refractivity contribution in [3.63, 3.8) is 0 Å². The van der Waals surface area contributed by atoms with Crippen molar-refractivity contribution in [2.24, 2.45) is 0 Å². The molecule has 7 heteroatoms. The van der Waals surface area contributed by atoms with Gasteiger partial charge >= 0.3 is 0 Å². The molecular formula is C12H7F4IO2. The van der Waals surface area contributed by atoms with Gasteiger partial charge in [-0.3, -0.25) is 0 Å². The molecule has 0 spiro atoms. The van der Waals surface area contributed by atoms with E-state index in [9.17, 15) is 17.6 Å². The van der Waals surface area contributed by atoms with Crippen LogP contribution >= 0.6 is 22.6 Å². The number of aromatic hydroxyl groups is 2. The molecule has 19 heavy (non-hydrogen) atoms. The van der Waals surface area contributed by atoms with E-state index in [0.717, 1.165) is 30.3 Å². The number of hydrogen-bond acceptors (Lipinski definition) is 2. The molecule has 0 unspecified atom stereocenters. The third-order valence-electron chi connectivity index (χ3n) is 1.89. The second kappa shape index (κ2) is 6.60. The van der Waals surface area contributed by atoms with Crippen molar-refractivity contribution in [3.05, 3.63) is 57.2 Å². The lowest BCUT2D eigenvalue weighted by Crippen LogP contribution is -1.84. The predicted octanol–water partition coefficient (Wildman–Crippen LogP) is 3.95. The van der Waals surface area contributed by atoms with Crippen LogP contribution < -0.4 is 0 Å². The zero-order chi connectivity index (χ0) is 14.6. The molecular weight excluding hydrogens is 379 g/mol. The Morgan fingerprint density at radius 3 is 1.74 bits per heavy atom. The minimum Gasteiger partial charge on any atom is -0.508 e. The van der Waals surface area contributed by atoms with Gasteiger partial charge < -0.3 is 10.2 Å². The monoisotopic (exact) mass is 386 g/mol. The number of halogens is 5. The molecule has 0 bridgehead atoms. The van der Waals surface area contributed by atoms with Crippen LogP contribution in [0.1, 0.15) is 0 Å². The Morgan fingerprint density at radius 2 is 1.26 bits per heavy atom. The van der Waals surface area contributed by atoms with Gasteiger partial charge in [0.25, 0.3) is 0 Å². The molecule has 0 amide bonds. The van der Waals surface area contributed by atoms with Crippen LogP contribution in [0.25, 0.3) is 0 Å². The fraction of sp³-hybridized carbons (Fsp3) is 0. The van der Waals surface area contributed by atoms with Crippen LogP contribution in [-0.4, -0.2) is 10.2 Å². The highest BCUT2D eigenvalue weighted by atomic mass is 127. The van der Waals surface area contributed by atoms with Gasteiger partial charge in [-0.2, -0.15) is 0 Å². The molecule has 0 atom stereocenters. The molecule has 0 radical (unpaired) electrons. The summed E-state index contributed by atoms with van der Waals surface area (Å²) in [5.74, 6) is -4.46. The average Bonchev–Trinajstić information content (AvgIpc) is 2.33. The van der Waals surface area contributed by atoms with Crippen LogP contribution in [-0.2, 0) is 0 Å². The van der Waals surface area contributed by atoms with Gasteiger partial charge in [-0.05, 0) is 40.8 Å². The van der Waals surface area contributed by atoms with Gasteiger partial charge in [0.2, 0.25) is 0 Å². The third-order valence-corrected chi connectivity index (χ3v) is 2.76. The Bertz CT molecular complexity index is 540.